The molecule has 1 heterocycles. The Labute approximate surface area is 139 Å². The maximum Gasteiger partial charge on any atom is 0.162 e. The highest BCUT2D eigenvalue weighted by Gasteiger charge is 2.18. The van der Waals surface area contributed by atoms with Gasteiger partial charge in [-0.05, 0) is 24.6 Å². The van der Waals surface area contributed by atoms with Gasteiger partial charge in [0.1, 0.15) is 17.3 Å². The molecule has 0 fully saturated rings. The lowest BCUT2D eigenvalue weighted by atomic mass is 10.1. The number of rotatable bonds is 5. The third kappa shape index (κ3) is 2.85. The van der Waals surface area contributed by atoms with Gasteiger partial charge < -0.3 is 14.0 Å². The van der Waals surface area contributed by atoms with Crippen molar-refractivity contribution in [3.8, 4) is 11.5 Å². The molecule has 0 aliphatic carbocycles. The second kappa shape index (κ2) is 6.35. The van der Waals surface area contributed by atoms with E-state index in [1.807, 2.05) is 10.6 Å². The summed E-state index contributed by atoms with van der Waals surface area (Å²) in [6, 6.07) is 9.94. The molecule has 2 aromatic carbocycles. The number of hydrogen-bond donors (Lipinski definition) is 0. The Hall–Kier alpha value is -2.82. The molecular weight excluding hydrogens is 309 g/mol. The smallest absolute Gasteiger partial charge is 0.162 e. The highest BCUT2D eigenvalue weighted by molar-refractivity contribution is 6.09. The summed E-state index contributed by atoms with van der Waals surface area (Å²) in [4.78, 5) is 12.0. The molecule has 3 rings (SSSR count). The first-order valence-electron chi connectivity index (χ1n) is 7.53. The summed E-state index contributed by atoms with van der Waals surface area (Å²) in [5.41, 5.74) is 2.36. The van der Waals surface area contributed by atoms with Crippen molar-refractivity contribution in [3.63, 3.8) is 0 Å². The lowest BCUT2D eigenvalue weighted by Crippen LogP contribution is -1.98. The number of carbonyl (C=O) groups excluding carboxylic acids is 1. The Kier molecular flexibility index (Phi) is 4.25. The maximum absolute atomic E-state index is 13.1. The van der Waals surface area contributed by atoms with Gasteiger partial charge in [0.25, 0.3) is 0 Å². The van der Waals surface area contributed by atoms with Crippen LogP contribution < -0.4 is 9.47 Å². The number of ether oxygens (including phenoxy) is 2. The van der Waals surface area contributed by atoms with Crippen LogP contribution in [-0.4, -0.2) is 24.6 Å². The van der Waals surface area contributed by atoms with E-state index >= 15 is 0 Å². The summed E-state index contributed by atoms with van der Waals surface area (Å²) < 4.78 is 25.8. The van der Waals surface area contributed by atoms with E-state index in [4.69, 9.17) is 9.47 Å². The summed E-state index contributed by atoms with van der Waals surface area (Å²) in [5.74, 6) is 0.922. The predicted molar refractivity (Wildman–Crippen MR) is 90.5 cm³/mol. The summed E-state index contributed by atoms with van der Waals surface area (Å²) in [6.07, 6.45) is 1.80. The van der Waals surface area contributed by atoms with Gasteiger partial charge in [0.2, 0.25) is 0 Å². The van der Waals surface area contributed by atoms with Crippen molar-refractivity contribution < 1.29 is 18.7 Å². The highest BCUT2D eigenvalue weighted by atomic mass is 19.1. The number of hydrogen-bond acceptors (Lipinski definition) is 3. The number of ketones is 1. The molecule has 0 unspecified atom stereocenters. The Bertz CT molecular complexity index is 897. The van der Waals surface area contributed by atoms with Crippen LogP contribution in [-0.2, 0) is 6.54 Å². The number of aromatic nitrogens is 1. The number of methoxy groups -OCH3 is 2. The van der Waals surface area contributed by atoms with Crippen molar-refractivity contribution in [2.75, 3.05) is 14.2 Å². The normalized spacial score (nSPS) is 10.8. The molecule has 0 saturated carbocycles. The first-order chi connectivity index (χ1) is 11.5. The van der Waals surface area contributed by atoms with Crippen LogP contribution in [0.5, 0.6) is 11.5 Å². The summed E-state index contributed by atoms with van der Waals surface area (Å²) in [6.45, 7) is 2.04. The van der Waals surface area contributed by atoms with Gasteiger partial charge >= 0.3 is 0 Å². The molecule has 1 aromatic heterocycles. The minimum absolute atomic E-state index is 0.0404. The van der Waals surface area contributed by atoms with Crippen molar-refractivity contribution in [2.24, 2.45) is 0 Å². The first kappa shape index (κ1) is 16.1. The molecule has 0 atom stereocenters. The van der Waals surface area contributed by atoms with E-state index in [-0.39, 0.29) is 11.6 Å². The lowest BCUT2D eigenvalue weighted by Gasteiger charge is -2.10. The van der Waals surface area contributed by atoms with Gasteiger partial charge in [0.15, 0.2) is 5.78 Å². The lowest BCUT2D eigenvalue weighted by molar-refractivity contribution is 0.101. The minimum atomic E-state index is -0.274. The zero-order valence-corrected chi connectivity index (χ0v) is 13.8. The zero-order chi connectivity index (χ0) is 17.3. The largest absolute Gasteiger partial charge is 0.497 e. The van der Waals surface area contributed by atoms with Gasteiger partial charge in [-0.15, -0.1) is 0 Å². The molecule has 0 radical (unpaired) electrons. The Morgan fingerprint density at radius 1 is 1.12 bits per heavy atom. The molecule has 0 bridgehead atoms. The van der Waals surface area contributed by atoms with Crippen LogP contribution in [0, 0.1) is 5.82 Å². The second-order valence-corrected chi connectivity index (χ2v) is 5.58. The van der Waals surface area contributed by atoms with Crippen LogP contribution in [0.3, 0.4) is 0 Å². The average molecular weight is 327 g/mol. The molecule has 0 aliphatic heterocycles. The topological polar surface area (TPSA) is 40.5 Å². The van der Waals surface area contributed by atoms with Crippen LogP contribution in [0.1, 0.15) is 22.8 Å². The van der Waals surface area contributed by atoms with Crippen LogP contribution in [0.2, 0.25) is 0 Å². The molecular formula is C19H18FNO3. The predicted octanol–water partition coefficient (Wildman–Crippen LogP) is 4.05. The number of halogens is 1. The van der Waals surface area contributed by atoms with Crippen LogP contribution in [0.25, 0.3) is 10.9 Å². The summed E-state index contributed by atoms with van der Waals surface area (Å²) in [7, 11) is 3.15. The molecule has 0 saturated heterocycles. The monoisotopic (exact) mass is 327 g/mol. The summed E-state index contributed by atoms with van der Waals surface area (Å²) >= 11 is 0. The van der Waals surface area contributed by atoms with E-state index < -0.39 is 0 Å². The van der Waals surface area contributed by atoms with Gasteiger partial charge in [-0.25, -0.2) is 4.39 Å². The van der Waals surface area contributed by atoms with E-state index in [1.54, 1.807) is 38.6 Å². The standard InChI is InChI=1S/C19H18FNO3/c1-12(22)16-11-21(10-13-4-6-14(20)7-5-13)17-8-15(23-2)9-18(24-3)19(16)17/h4-9,11H,10H2,1-3H3. The van der Waals surface area contributed by atoms with Gasteiger partial charge in [-0.1, -0.05) is 12.1 Å². The van der Waals surface area contributed by atoms with Gasteiger partial charge in [0, 0.05) is 30.4 Å². The fourth-order valence-corrected chi connectivity index (χ4v) is 2.83. The van der Waals surface area contributed by atoms with E-state index in [0.29, 0.717) is 23.6 Å². The maximum atomic E-state index is 13.1. The van der Waals surface area contributed by atoms with Gasteiger partial charge in [-0.3, -0.25) is 4.79 Å². The quantitative estimate of drug-likeness (QED) is 0.664. The van der Waals surface area contributed by atoms with Crippen LogP contribution >= 0.6 is 0 Å². The van der Waals surface area contributed by atoms with Crippen molar-refractivity contribution in [2.45, 2.75) is 13.5 Å². The van der Waals surface area contributed by atoms with E-state index in [1.165, 1.54) is 19.1 Å². The third-order valence-electron chi connectivity index (χ3n) is 4.02. The number of benzene rings is 2. The molecule has 0 spiro atoms. The Balaban J connectivity index is 2.19. The average Bonchev–Trinajstić information content (AvgIpc) is 2.95. The Morgan fingerprint density at radius 2 is 1.83 bits per heavy atom. The molecule has 124 valence electrons. The number of carbonyl (C=O) groups is 1. The fraction of sp³-hybridized carbons (Fsp3) is 0.211. The number of Topliss-reactive ketones (excluding diaryl/α,β-unsaturated/α-hetero) is 1. The molecule has 0 aliphatic rings. The Morgan fingerprint density at radius 3 is 2.42 bits per heavy atom. The highest BCUT2D eigenvalue weighted by Crippen LogP contribution is 2.35. The van der Waals surface area contributed by atoms with E-state index in [9.17, 15) is 9.18 Å². The molecule has 24 heavy (non-hydrogen) atoms. The molecule has 5 heteroatoms. The first-order valence-corrected chi connectivity index (χ1v) is 7.53. The molecule has 4 nitrogen and oxygen atoms in total. The molecule has 0 N–H and O–H groups in total. The van der Waals surface area contributed by atoms with E-state index in [2.05, 4.69) is 0 Å². The minimum Gasteiger partial charge on any atom is -0.497 e. The van der Waals surface area contributed by atoms with Crippen LogP contribution in [0.15, 0.2) is 42.6 Å². The third-order valence-corrected chi connectivity index (χ3v) is 4.02. The van der Waals surface area contributed by atoms with E-state index in [0.717, 1.165) is 16.5 Å². The van der Waals surface area contributed by atoms with Gasteiger partial charge in [-0.2, -0.15) is 0 Å². The van der Waals surface area contributed by atoms with Crippen molar-refractivity contribution in [3.05, 3.63) is 59.5 Å². The van der Waals surface area contributed by atoms with Crippen molar-refractivity contribution in [1.29, 1.82) is 0 Å². The SMILES string of the molecule is COc1cc(OC)c2c(C(C)=O)cn(Cc3ccc(F)cc3)c2c1. The number of fused-ring (bicyclic) bond motifs is 1. The van der Waals surface area contributed by atoms with Crippen LogP contribution in [0.4, 0.5) is 4.39 Å². The van der Waals surface area contributed by atoms with Crippen molar-refractivity contribution >= 4 is 16.7 Å². The fourth-order valence-electron chi connectivity index (χ4n) is 2.83. The second-order valence-electron chi connectivity index (χ2n) is 5.58. The van der Waals surface area contributed by atoms with Crippen molar-refractivity contribution in [1.82, 2.24) is 4.57 Å². The summed E-state index contributed by atoms with van der Waals surface area (Å²) in [5, 5.41) is 0.757. The zero-order valence-electron chi connectivity index (χ0n) is 13.8. The molecule has 0 amide bonds. The molecule has 3 aromatic rings. The van der Waals surface area contributed by atoms with Gasteiger partial charge in [0.05, 0.1) is 25.1 Å². The number of nitrogens with zero attached hydrogens (tertiary/aromatic N) is 1.